The average Bonchev–Trinajstić information content (AvgIpc) is 3.26. The number of unbranched alkanes of at least 4 members (excludes halogenated alkanes) is 8. The number of fused-ring (bicyclic) bond motifs is 1. The van der Waals surface area contributed by atoms with Gasteiger partial charge in [-0.1, -0.05) is 125 Å². The molecule has 0 radical (unpaired) electrons. The third kappa shape index (κ3) is 8.52. The van der Waals surface area contributed by atoms with Crippen molar-refractivity contribution in [2.45, 2.75) is 121 Å². The molecular formula is C36H52O6. The van der Waals surface area contributed by atoms with E-state index < -0.39 is 29.2 Å². The summed E-state index contributed by atoms with van der Waals surface area (Å²) in [6.07, 6.45) is 14.4. The van der Waals surface area contributed by atoms with Gasteiger partial charge < -0.3 is 28.8 Å². The summed E-state index contributed by atoms with van der Waals surface area (Å²) in [5.74, 6) is -0.907. The van der Waals surface area contributed by atoms with E-state index in [4.69, 9.17) is 23.7 Å². The standard InChI is InChI=1S/C36H52O6/c1-4-5-6-7-8-9-10-11-12-19-24-35-29-40-34(2,3)42-36(35,28-37)33(39-26-31-22-17-14-18-23-31)32(41-35)27-38-25-30-20-15-13-16-21-30/h13-24,32-33,37H,4-12,25-29H2,1-3H3/b24-19+/t32-,33-,35+,36+/m1/s1. The van der Waals surface area contributed by atoms with Crippen LogP contribution in [0.4, 0.5) is 0 Å². The van der Waals surface area contributed by atoms with E-state index in [1.54, 1.807) is 0 Å². The van der Waals surface area contributed by atoms with Gasteiger partial charge in [-0.3, -0.25) is 0 Å². The Bertz CT molecular complexity index is 1060. The molecule has 0 aliphatic carbocycles. The van der Waals surface area contributed by atoms with Crippen molar-refractivity contribution in [3.8, 4) is 0 Å². The van der Waals surface area contributed by atoms with Gasteiger partial charge in [-0.15, -0.1) is 0 Å². The van der Waals surface area contributed by atoms with E-state index >= 15 is 0 Å². The lowest BCUT2D eigenvalue weighted by Crippen LogP contribution is -2.69. The van der Waals surface area contributed by atoms with Crippen LogP contribution < -0.4 is 0 Å². The molecule has 0 spiro atoms. The maximum atomic E-state index is 11.1. The van der Waals surface area contributed by atoms with Gasteiger partial charge in [0.2, 0.25) is 0 Å². The van der Waals surface area contributed by atoms with E-state index in [0.717, 1.165) is 24.0 Å². The molecule has 2 aliphatic rings. The Morgan fingerprint density at radius 3 is 2.12 bits per heavy atom. The molecule has 4 atom stereocenters. The van der Waals surface area contributed by atoms with Crippen LogP contribution in [-0.2, 0) is 36.9 Å². The fourth-order valence-corrected chi connectivity index (χ4v) is 6.17. The van der Waals surface area contributed by atoms with Gasteiger partial charge in [-0.05, 0) is 37.8 Å². The molecule has 2 fully saturated rings. The van der Waals surface area contributed by atoms with Gasteiger partial charge in [0.15, 0.2) is 11.4 Å². The Balaban J connectivity index is 1.49. The molecule has 2 aromatic rings. The molecule has 0 saturated carbocycles. The lowest BCUT2D eigenvalue weighted by molar-refractivity contribution is -0.366. The molecular weight excluding hydrogens is 528 g/mol. The molecule has 232 valence electrons. The monoisotopic (exact) mass is 580 g/mol. The van der Waals surface area contributed by atoms with Crippen LogP contribution in [0.1, 0.15) is 89.7 Å². The molecule has 4 rings (SSSR count). The van der Waals surface area contributed by atoms with Crippen LogP contribution in [0, 0.1) is 0 Å². The Hall–Kier alpha value is -2.06. The van der Waals surface area contributed by atoms with Gasteiger partial charge in [0, 0.05) is 0 Å². The highest BCUT2D eigenvalue weighted by atomic mass is 16.8. The number of allylic oxidation sites excluding steroid dienone is 1. The first-order valence-corrected chi connectivity index (χ1v) is 16.0. The number of benzene rings is 2. The Kier molecular flexibility index (Phi) is 12.6. The Morgan fingerprint density at radius 2 is 1.48 bits per heavy atom. The highest BCUT2D eigenvalue weighted by Crippen LogP contribution is 2.51. The van der Waals surface area contributed by atoms with E-state index in [0.29, 0.717) is 19.8 Å². The summed E-state index contributed by atoms with van der Waals surface area (Å²) in [5, 5.41) is 11.1. The summed E-state index contributed by atoms with van der Waals surface area (Å²) in [6.45, 7) is 7.14. The largest absolute Gasteiger partial charge is 0.393 e. The van der Waals surface area contributed by atoms with Crippen molar-refractivity contribution in [1.29, 1.82) is 0 Å². The molecule has 0 bridgehead atoms. The van der Waals surface area contributed by atoms with Gasteiger partial charge in [0.1, 0.15) is 17.8 Å². The number of hydrogen-bond donors (Lipinski definition) is 1. The van der Waals surface area contributed by atoms with Crippen molar-refractivity contribution in [2.75, 3.05) is 19.8 Å². The molecule has 2 aliphatic heterocycles. The molecule has 6 nitrogen and oxygen atoms in total. The fraction of sp³-hybridized carbons (Fsp3) is 0.611. The number of aliphatic hydroxyl groups is 1. The van der Waals surface area contributed by atoms with E-state index in [1.807, 2.05) is 74.5 Å². The van der Waals surface area contributed by atoms with Gasteiger partial charge >= 0.3 is 0 Å². The predicted molar refractivity (Wildman–Crippen MR) is 166 cm³/mol. The Labute approximate surface area is 253 Å². The van der Waals surface area contributed by atoms with Crippen LogP contribution in [-0.4, -0.2) is 54.1 Å². The summed E-state index contributed by atoms with van der Waals surface area (Å²) in [7, 11) is 0. The van der Waals surface area contributed by atoms with Gasteiger partial charge in [-0.25, -0.2) is 0 Å². The predicted octanol–water partition coefficient (Wildman–Crippen LogP) is 7.53. The lowest BCUT2D eigenvalue weighted by atomic mass is 9.78. The normalized spacial score (nSPS) is 27.0. The van der Waals surface area contributed by atoms with Crippen molar-refractivity contribution >= 4 is 0 Å². The molecule has 2 heterocycles. The number of aliphatic hydroxyl groups excluding tert-OH is 1. The number of ether oxygens (including phenoxy) is 5. The summed E-state index contributed by atoms with van der Waals surface area (Å²) in [4.78, 5) is 0. The highest BCUT2D eigenvalue weighted by Gasteiger charge is 2.70. The number of hydrogen-bond acceptors (Lipinski definition) is 6. The van der Waals surface area contributed by atoms with Crippen LogP contribution in [0.5, 0.6) is 0 Å². The fourth-order valence-electron chi connectivity index (χ4n) is 6.17. The lowest BCUT2D eigenvalue weighted by Gasteiger charge is -2.52. The molecule has 0 amide bonds. The molecule has 0 aromatic heterocycles. The minimum Gasteiger partial charge on any atom is -0.393 e. The van der Waals surface area contributed by atoms with Crippen LogP contribution in [0.2, 0.25) is 0 Å². The van der Waals surface area contributed by atoms with Crippen molar-refractivity contribution in [1.82, 2.24) is 0 Å². The maximum Gasteiger partial charge on any atom is 0.164 e. The molecule has 6 heteroatoms. The van der Waals surface area contributed by atoms with Crippen LogP contribution >= 0.6 is 0 Å². The molecule has 2 saturated heterocycles. The zero-order valence-electron chi connectivity index (χ0n) is 26.0. The van der Waals surface area contributed by atoms with Crippen molar-refractivity contribution < 1.29 is 28.8 Å². The summed E-state index contributed by atoms with van der Waals surface area (Å²) in [5.41, 5.74) is -0.0181. The second-order valence-electron chi connectivity index (χ2n) is 12.3. The SMILES string of the molecule is CCCCCCCCCC/C=C/[C@]12COC(C)(C)O[C@@]1(CO)[C@H](OCc1ccccc1)[C@@H](COCc1ccccc1)O2. The summed E-state index contributed by atoms with van der Waals surface area (Å²) < 4.78 is 32.4. The van der Waals surface area contributed by atoms with Gasteiger partial charge in [0.25, 0.3) is 0 Å². The van der Waals surface area contributed by atoms with Crippen molar-refractivity contribution in [3.63, 3.8) is 0 Å². The second-order valence-corrected chi connectivity index (χ2v) is 12.3. The van der Waals surface area contributed by atoms with Crippen LogP contribution in [0.3, 0.4) is 0 Å². The average molecular weight is 581 g/mol. The molecule has 1 N–H and O–H groups in total. The first-order chi connectivity index (χ1) is 20.4. The minimum absolute atomic E-state index is 0.259. The molecule has 2 aromatic carbocycles. The number of rotatable bonds is 18. The minimum atomic E-state index is -1.15. The molecule has 0 unspecified atom stereocenters. The van der Waals surface area contributed by atoms with Crippen LogP contribution in [0.25, 0.3) is 0 Å². The zero-order valence-corrected chi connectivity index (χ0v) is 26.0. The third-order valence-electron chi connectivity index (χ3n) is 8.45. The second kappa shape index (κ2) is 16.1. The summed E-state index contributed by atoms with van der Waals surface area (Å²) >= 11 is 0. The summed E-state index contributed by atoms with van der Waals surface area (Å²) in [6, 6.07) is 20.2. The van der Waals surface area contributed by atoms with E-state index in [1.165, 1.54) is 44.9 Å². The van der Waals surface area contributed by atoms with Crippen molar-refractivity contribution in [2.24, 2.45) is 0 Å². The Morgan fingerprint density at radius 1 is 0.857 bits per heavy atom. The topological polar surface area (TPSA) is 66.4 Å². The van der Waals surface area contributed by atoms with Crippen LogP contribution in [0.15, 0.2) is 72.8 Å². The van der Waals surface area contributed by atoms with Crippen molar-refractivity contribution in [3.05, 3.63) is 83.9 Å². The highest BCUT2D eigenvalue weighted by molar-refractivity contribution is 5.25. The maximum absolute atomic E-state index is 11.1. The van der Waals surface area contributed by atoms with E-state index in [-0.39, 0.29) is 13.2 Å². The zero-order chi connectivity index (χ0) is 29.7. The van der Waals surface area contributed by atoms with Gasteiger partial charge in [0.05, 0.1) is 33.0 Å². The molecule has 42 heavy (non-hydrogen) atoms. The third-order valence-corrected chi connectivity index (χ3v) is 8.45. The van der Waals surface area contributed by atoms with Gasteiger partial charge in [-0.2, -0.15) is 0 Å². The smallest absolute Gasteiger partial charge is 0.164 e. The first-order valence-electron chi connectivity index (χ1n) is 16.0. The quantitative estimate of drug-likeness (QED) is 0.145. The van der Waals surface area contributed by atoms with E-state index in [9.17, 15) is 5.11 Å². The van der Waals surface area contributed by atoms with E-state index in [2.05, 4.69) is 19.1 Å². The first kappa shape index (κ1) is 32.8.